The molecule has 3 aromatic rings. The number of rotatable bonds is 5. The number of carbonyl (C=O) groups excluding carboxylic acids is 3. The Bertz CT molecular complexity index is 1020. The lowest BCUT2D eigenvalue weighted by Crippen LogP contribution is -2.46. The second kappa shape index (κ2) is 8.60. The molecule has 0 aliphatic carbocycles. The van der Waals surface area contributed by atoms with Gasteiger partial charge in [-0.15, -0.1) is 0 Å². The number of piperidine rings is 1. The Hall–Kier alpha value is -3.95. The van der Waals surface area contributed by atoms with Gasteiger partial charge >= 0.3 is 0 Å². The lowest BCUT2D eigenvalue weighted by atomic mass is 10.0. The van der Waals surface area contributed by atoms with Crippen molar-refractivity contribution in [2.24, 2.45) is 0 Å². The molecule has 3 aromatic heterocycles. The molecule has 0 spiro atoms. The topological polar surface area (TPSA) is 131 Å². The molecular weight excluding hydrogens is 390 g/mol. The Morgan fingerprint density at radius 2 is 1.83 bits per heavy atom. The normalized spacial score (nSPS) is 14.3. The number of hydrogen-bond donors (Lipinski definition) is 2. The maximum atomic E-state index is 12.7. The quantitative estimate of drug-likeness (QED) is 0.658. The minimum Gasteiger partial charge on any atom is -0.472 e. The molecule has 1 aliphatic rings. The van der Waals surface area contributed by atoms with Crippen molar-refractivity contribution in [2.75, 3.05) is 18.4 Å². The van der Waals surface area contributed by atoms with E-state index >= 15 is 0 Å². The first kappa shape index (κ1) is 19.4. The second-order valence-corrected chi connectivity index (χ2v) is 6.74. The van der Waals surface area contributed by atoms with Gasteiger partial charge in [0.05, 0.1) is 18.1 Å². The number of anilines is 1. The van der Waals surface area contributed by atoms with Gasteiger partial charge in [-0.2, -0.15) is 0 Å². The fourth-order valence-electron chi connectivity index (χ4n) is 3.22. The third-order valence-corrected chi connectivity index (χ3v) is 4.78. The summed E-state index contributed by atoms with van der Waals surface area (Å²) in [7, 11) is 0. The summed E-state index contributed by atoms with van der Waals surface area (Å²) in [6, 6.07) is 4.59. The van der Waals surface area contributed by atoms with E-state index < -0.39 is 11.8 Å². The standard InChI is InChI=1S/C20H19N5O5/c26-18(15-2-1-10-30-15)24-17-16(21-6-7-22-17)19(27)23-14-3-8-25(9-4-14)20(28)13-5-11-29-12-13/h1-2,5-7,10-12,14H,3-4,8-9H2,(H,23,27)(H,22,24,26). The van der Waals surface area contributed by atoms with Gasteiger partial charge in [-0.3, -0.25) is 14.4 Å². The minimum atomic E-state index is -0.527. The molecule has 0 atom stereocenters. The van der Waals surface area contributed by atoms with Crippen molar-refractivity contribution in [1.82, 2.24) is 20.2 Å². The summed E-state index contributed by atoms with van der Waals surface area (Å²) in [5.41, 5.74) is 0.517. The molecule has 0 bridgehead atoms. The van der Waals surface area contributed by atoms with Crippen molar-refractivity contribution in [3.05, 3.63) is 66.4 Å². The minimum absolute atomic E-state index is 0.00862. The molecule has 4 rings (SSSR count). The number of hydrogen-bond acceptors (Lipinski definition) is 7. The molecule has 0 saturated carbocycles. The first-order chi connectivity index (χ1) is 14.6. The lowest BCUT2D eigenvalue weighted by molar-refractivity contribution is 0.0697. The zero-order valence-electron chi connectivity index (χ0n) is 15.9. The van der Waals surface area contributed by atoms with Gasteiger partial charge in [0.15, 0.2) is 17.3 Å². The summed E-state index contributed by atoms with van der Waals surface area (Å²) in [4.78, 5) is 47.1. The molecule has 1 fully saturated rings. The number of likely N-dealkylation sites (tertiary alicyclic amines) is 1. The van der Waals surface area contributed by atoms with Gasteiger partial charge in [-0.05, 0) is 31.0 Å². The van der Waals surface area contributed by atoms with E-state index in [0.717, 1.165) is 0 Å². The Labute approximate surface area is 171 Å². The molecule has 4 heterocycles. The number of nitrogens with one attached hydrogen (secondary N) is 2. The first-order valence-corrected chi connectivity index (χ1v) is 9.40. The van der Waals surface area contributed by atoms with Crippen molar-refractivity contribution < 1.29 is 23.2 Å². The van der Waals surface area contributed by atoms with Gasteiger partial charge < -0.3 is 24.4 Å². The number of carbonyl (C=O) groups is 3. The maximum absolute atomic E-state index is 12.7. The second-order valence-electron chi connectivity index (χ2n) is 6.74. The molecule has 30 heavy (non-hydrogen) atoms. The van der Waals surface area contributed by atoms with Crippen molar-refractivity contribution in [1.29, 1.82) is 0 Å². The largest absolute Gasteiger partial charge is 0.472 e. The molecule has 3 amide bonds. The van der Waals surface area contributed by atoms with E-state index in [1.807, 2.05) is 0 Å². The smallest absolute Gasteiger partial charge is 0.292 e. The first-order valence-electron chi connectivity index (χ1n) is 9.40. The highest BCUT2D eigenvalue weighted by Crippen LogP contribution is 2.16. The summed E-state index contributed by atoms with van der Waals surface area (Å²) in [6.07, 6.45) is 8.22. The predicted molar refractivity (Wildman–Crippen MR) is 104 cm³/mol. The fourth-order valence-corrected chi connectivity index (χ4v) is 3.22. The molecule has 10 nitrogen and oxygen atoms in total. The van der Waals surface area contributed by atoms with Crippen molar-refractivity contribution in [3.8, 4) is 0 Å². The van der Waals surface area contributed by atoms with Crippen molar-refractivity contribution in [2.45, 2.75) is 18.9 Å². The van der Waals surface area contributed by atoms with Crippen LogP contribution in [0.5, 0.6) is 0 Å². The van der Waals surface area contributed by atoms with Gasteiger partial charge in [0, 0.05) is 31.5 Å². The molecule has 154 valence electrons. The van der Waals surface area contributed by atoms with Gasteiger partial charge in [-0.25, -0.2) is 9.97 Å². The fraction of sp³-hybridized carbons (Fsp3) is 0.250. The Kier molecular flexibility index (Phi) is 5.55. The van der Waals surface area contributed by atoms with E-state index in [1.54, 1.807) is 17.0 Å². The average molecular weight is 409 g/mol. The predicted octanol–water partition coefficient (Wildman–Crippen LogP) is 1.95. The van der Waals surface area contributed by atoms with Crippen molar-refractivity contribution in [3.63, 3.8) is 0 Å². The highest BCUT2D eigenvalue weighted by Gasteiger charge is 2.27. The van der Waals surface area contributed by atoms with E-state index in [4.69, 9.17) is 8.83 Å². The van der Waals surface area contributed by atoms with Crippen LogP contribution in [-0.2, 0) is 0 Å². The number of nitrogens with zero attached hydrogens (tertiary/aromatic N) is 3. The molecule has 0 aromatic carbocycles. The SMILES string of the molecule is O=C(Nc1nccnc1C(=O)NC1CCN(C(=O)c2ccoc2)CC1)c1ccco1. The van der Waals surface area contributed by atoms with Crippen LogP contribution in [0.3, 0.4) is 0 Å². The van der Waals surface area contributed by atoms with Gasteiger partial charge in [0.25, 0.3) is 17.7 Å². The summed E-state index contributed by atoms with van der Waals surface area (Å²) in [5, 5.41) is 5.44. The van der Waals surface area contributed by atoms with Gasteiger partial charge in [-0.1, -0.05) is 0 Å². The van der Waals surface area contributed by atoms with Crippen LogP contribution >= 0.6 is 0 Å². The molecule has 1 aliphatic heterocycles. The highest BCUT2D eigenvalue weighted by atomic mass is 16.3. The van der Waals surface area contributed by atoms with E-state index in [2.05, 4.69) is 20.6 Å². The van der Waals surface area contributed by atoms with Crippen LogP contribution in [0.2, 0.25) is 0 Å². The van der Waals surface area contributed by atoms with E-state index in [9.17, 15) is 14.4 Å². The molecule has 0 radical (unpaired) electrons. The zero-order chi connectivity index (χ0) is 20.9. The van der Waals surface area contributed by atoms with Crippen LogP contribution < -0.4 is 10.6 Å². The summed E-state index contributed by atoms with van der Waals surface area (Å²) >= 11 is 0. The van der Waals surface area contributed by atoms with E-state index in [1.165, 1.54) is 37.2 Å². The highest BCUT2D eigenvalue weighted by molar-refractivity contribution is 6.06. The Balaban J connectivity index is 1.36. The maximum Gasteiger partial charge on any atom is 0.292 e. The molecule has 1 saturated heterocycles. The van der Waals surface area contributed by atoms with Gasteiger partial charge in [0.1, 0.15) is 6.26 Å². The summed E-state index contributed by atoms with van der Waals surface area (Å²) < 4.78 is 10.0. The van der Waals surface area contributed by atoms with E-state index in [0.29, 0.717) is 31.5 Å². The number of aromatic nitrogens is 2. The summed E-state index contributed by atoms with van der Waals surface area (Å²) in [6.45, 7) is 1.02. The van der Waals surface area contributed by atoms with Crippen LogP contribution in [0, 0.1) is 0 Å². The third kappa shape index (κ3) is 4.22. The molecule has 0 unspecified atom stereocenters. The number of amides is 3. The van der Waals surface area contributed by atoms with Crippen LogP contribution in [-0.4, -0.2) is 51.7 Å². The molecule has 10 heteroatoms. The lowest BCUT2D eigenvalue weighted by Gasteiger charge is -2.32. The Morgan fingerprint density at radius 3 is 2.53 bits per heavy atom. The van der Waals surface area contributed by atoms with Crippen LogP contribution in [0.1, 0.15) is 44.2 Å². The van der Waals surface area contributed by atoms with Crippen LogP contribution in [0.25, 0.3) is 0 Å². The van der Waals surface area contributed by atoms with E-state index in [-0.39, 0.29) is 29.2 Å². The third-order valence-electron chi connectivity index (χ3n) is 4.78. The molecule has 2 N–H and O–H groups in total. The van der Waals surface area contributed by atoms with Gasteiger partial charge in [0.2, 0.25) is 0 Å². The molecular formula is C20H19N5O5. The number of furan rings is 2. The van der Waals surface area contributed by atoms with Crippen LogP contribution in [0.15, 0.2) is 58.2 Å². The Morgan fingerprint density at radius 1 is 1.03 bits per heavy atom. The van der Waals surface area contributed by atoms with Crippen molar-refractivity contribution >= 4 is 23.5 Å². The zero-order valence-corrected chi connectivity index (χ0v) is 15.9. The summed E-state index contributed by atoms with van der Waals surface area (Å²) in [5.74, 6) is -0.922. The average Bonchev–Trinajstić information content (AvgIpc) is 3.48. The monoisotopic (exact) mass is 409 g/mol. The van der Waals surface area contributed by atoms with Crippen LogP contribution in [0.4, 0.5) is 5.82 Å².